The van der Waals surface area contributed by atoms with Crippen LogP contribution in [0.15, 0.2) is 29.2 Å². The predicted octanol–water partition coefficient (Wildman–Crippen LogP) is 4.94. The monoisotopic (exact) mass is 609 g/mol. The van der Waals surface area contributed by atoms with Gasteiger partial charge < -0.3 is 19.3 Å². The number of hydrogen-bond acceptors (Lipinski definition) is 9. The number of ether oxygens (including phenoxy) is 3. The summed E-state index contributed by atoms with van der Waals surface area (Å²) in [5.74, 6) is -4.98. The molecule has 9 atom stereocenters. The first kappa shape index (κ1) is 29.7. The number of alkyl halides is 2. The van der Waals surface area contributed by atoms with Crippen LogP contribution in [-0.2, 0) is 19.1 Å². The maximum Gasteiger partial charge on any atom is 0.352 e. The predicted molar refractivity (Wildman–Crippen MR) is 144 cm³/mol. The third-order valence-electron chi connectivity index (χ3n) is 10.1. The summed E-state index contributed by atoms with van der Waals surface area (Å²) in [7, 11) is 1.32. The zero-order valence-electron chi connectivity index (χ0n) is 22.9. The first-order chi connectivity index (χ1) is 19.2. The number of aliphatic hydroxyl groups is 1. The Hall–Kier alpha value is -2.81. The summed E-state index contributed by atoms with van der Waals surface area (Å²) in [6.07, 6.45) is -0.332. The highest BCUT2D eigenvalue weighted by molar-refractivity contribution is 7.15. The number of aliphatic hydroxyl groups excluding tert-OH is 1. The maximum absolute atomic E-state index is 17.5. The van der Waals surface area contributed by atoms with Crippen molar-refractivity contribution < 1.29 is 42.5 Å². The number of thiophene rings is 1. The van der Waals surface area contributed by atoms with Gasteiger partial charge in [-0.2, -0.15) is 5.26 Å². The van der Waals surface area contributed by atoms with Gasteiger partial charge in [-0.05, 0) is 49.8 Å². The Morgan fingerprint density at radius 1 is 1.29 bits per heavy atom. The minimum Gasteiger partial charge on any atom is -0.493 e. The smallest absolute Gasteiger partial charge is 0.352 e. The van der Waals surface area contributed by atoms with Crippen molar-refractivity contribution in [1.29, 1.82) is 5.26 Å². The molecular weight excluding hydrogens is 580 g/mol. The fourth-order valence-electron chi connectivity index (χ4n) is 8.28. The molecule has 4 aliphatic carbocycles. The average molecular weight is 610 g/mol. The van der Waals surface area contributed by atoms with E-state index < -0.39 is 76.5 Å². The van der Waals surface area contributed by atoms with E-state index in [2.05, 4.69) is 0 Å². The van der Waals surface area contributed by atoms with E-state index in [4.69, 9.17) is 31.1 Å². The number of carbonyl (C=O) groups excluding carboxylic acids is 3. The minimum atomic E-state index is -2.39. The standard InChI is InChI=1S/C29H30ClF2NO7S/c1-14-9-17-18-11-20(31)19-10-15(34)5-6-26(19,2)28(18,32)21(35)12-27(17,3)29(14,25(37)39-8-7-33)40-24(36)16-13-41-23(30)22(16)38-4/h5-6,10,13-14,17-18,20-21,35H,8-9,11-12H2,1-4H3/t14-,17?,18?,20+,21+,26+,27+,28+,29+/m1/s1. The number of ketones is 1. The molecule has 0 saturated heterocycles. The molecule has 0 spiro atoms. The van der Waals surface area contributed by atoms with Gasteiger partial charge in [-0.3, -0.25) is 4.79 Å². The van der Waals surface area contributed by atoms with Gasteiger partial charge in [-0.1, -0.05) is 31.5 Å². The van der Waals surface area contributed by atoms with Crippen molar-refractivity contribution in [3.8, 4) is 11.8 Å². The first-order valence-corrected chi connectivity index (χ1v) is 14.5. The molecule has 8 nitrogen and oxygen atoms in total. The number of allylic oxidation sites excluding steroid dienone is 4. The van der Waals surface area contributed by atoms with E-state index in [0.717, 1.165) is 17.4 Å². The molecule has 0 bridgehead atoms. The van der Waals surface area contributed by atoms with Crippen LogP contribution in [0.5, 0.6) is 5.75 Å². The topological polar surface area (TPSA) is 123 Å². The molecule has 1 aromatic rings. The van der Waals surface area contributed by atoms with Crippen molar-refractivity contribution in [2.45, 2.75) is 63.6 Å². The first-order valence-electron chi connectivity index (χ1n) is 13.3. The molecule has 41 heavy (non-hydrogen) atoms. The summed E-state index contributed by atoms with van der Waals surface area (Å²) in [4.78, 5) is 39.6. The normalized spacial score (nSPS) is 40.9. The SMILES string of the molecule is COc1c(C(=O)O[C@]2(C(=O)OCC#N)[C@H](C)CC3C4C[C@H](F)C5=CC(=O)C=C[C@]5(C)[C@@]4(F)[C@@H](O)C[C@@]32C)csc1Cl. The van der Waals surface area contributed by atoms with Gasteiger partial charge in [-0.15, -0.1) is 11.3 Å². The van der Waals surface area contributed by atoms with Gasteiger partial charge in [0.1, 0.15) is 22.1 Å². The highest BCUT2D eigenvalue weighted by Gasteiger charge is 2.78. The lowest BCUT2D eigenvalue weighted by molar-refractivity contribution is -0.230. The van der Waals surface area contributed by atoms with Crippen LogP contribution in [0.1, 0.15) is 50.4 Å². The van der Waals surface area contributed by atoms with Gasteiger partial charge >= 0.3 is 11.9 Å². The lowest BCUT2D eigenvalue weighted by Gasteiger charge is -2.63. The third-order valence-corrected chi connectivity index (χ3v) is 11.3. The molecule has 5 rings (SSSR count). The number of carbonyl (C=O) groups is 3. The maximum atomic E-state index is 17.5. The molecule has 220 valence electrons. The molecule has 3 fully saturated rings. The third kappa shape index (κ3) is 3.79. The quantitative estimate of drug-likeness (QED) is 0.466. The van der Waals surface area contributed by atoms with Crippen molar-refractivity contribution in [3.05, 3.63) is 39.1 Å². The van der Waals surface area contributed by atoms with Gasteiger partial charge in [-0.25, -0.2) is 18.4 Å². The number of halogens is 3. The molecule has 1 N–H and O–H groups in total. The van der Waals surface area contributed by atoms with Crippen LogP contribution in [0, 0.1) is 39.9 Å². The Balaban J connectivity index is 1.64. The molecule has 0 aliphatic heterocycles. The molecule has 12 heteroatoms. The summed E-state index contributed by atoms with van der Waals surface area (Å²) < 4.78 is 50.1. The Morgan fingerprint density at radius 3 is 2.66 bits per heavy atom. The summed E-state index contributed by atoms with van der Waals surface area (Å²) in [5, 5.41) is 22.2. The van der Waals surface area contributed by atoms with Crippen molar-refractivity contribution in [1.82, 2.24) is 0 Å². The number of nitriles is 1. The highest BCUT2D eigenvalue weighted by Crippen LogP contribution is 2.71. The molecule has 0 amide bonds. The molecule has 2 unspecified atom stereocenters. The average Bonchev–Trinajstić information content (AvgIpc) is 3.40. The van der Waals surface area contributed by atoms with E-state index in [1.807, 2.05) is 0 Å². The van der Waals surface area contributed by atoms with E-state index in [-0.39, 0.29) is 40.5 Å². The molecule has 1 aromatic heterocycles. The van der Waals surface area contributed by atoms with E-state index >= 15 is 8.78 Å². The van der Waals surface area contributed by atoms with Gasteiger partial charge in [0.25, 0.3) is 0 Å². The zero-order valence-corrected chi connectivity index (χ0v) is 24.5. The number of methoxy groups -OCH3 is 1. The molecule has 0 aromatic carbocycles. The van der Waals surface area contributed by atoms with Crippen LogP contribution in [0.2, 0.25) is 4.34 Å². The van der Waals surface area contributed by atoms with Crippen LogP contribution in [0.3, 0.4) is 0 Å². The number of nitrogens with zero attached hydrogens (tertiary/aromatic N) is 1. The Morgan fingerprint density at radius 2 is 2.00 bits per heavy atom. The summed E-state index contributed by atoms with van der Waals surface area (Å²) >= 11 is 7.18. The van der Waals surface area contributed by atoms with E-state index in [0.29, 0.717) is 0 Å². The fraction of sp³-hybridized carbons (Fsp3) is 0.586. The lowest BCUT2D eigenvalue weighted by atomic mass is 9.44. The number of esters is 2. The fourth-order valence-corrected chi connectivity index (χ4v) is 9.32. The molecule has 3 saturated carbocycles. The zero-order chi connectivity index (χ0) is 30.1. The second-order valence-corrected chi connectivity index (χ2v) is 13.3. The van der Waals surface area contributed by atoms with Gasteiger partial charge in [0.2, 0.25) is 5.60 Å². The second-order valence-electron chi connectivity index (χ2n) is 11.8. The molecule has 1 heterocycles. The van der Waals surface area contributed by atoms with Gasteiger partial charge in [0, 0.05) is 28.0 Å². The van der Waals surface area contributed by atoms with E-state index in [1.54, 1.807) is 19.9 Å². The van der Waals surface area contributed by atoms with Crippen LogP contribution >= 0.6 is 22.9 Å². The van der Waals surface area contributed by atoms with Crippen LogP contribution < -0.4 is 4.74 Å². The van der Waals surface area contributed by atoms with Gasteiger partial charge in [0.15, 0.2) is 23.8 Å². The molecular formula is C29H30ClF2NO7S. The second kappa shape index (κ2) is 9.89. The Bertz CT molecular complexity index is 1420. The summed E-state index contributed by atoms with van der Waals surface area (Å²) in [5.41, 5.74) is -7.54. The molecule has 0 radical (unpaired) electrons. The van der Waals surface area contributed by atoms with E-state index in [9.17, 15) is 19.5 Å². The minimum absolute atomic E-state index is 0.0231. The molecule has 4 aliphatic rings. The van der Waals surface area contributed by atoms with E-state index in [1.165, 1.54) is 31.6 Å². The summed E-state index contributed by atoms with van der Waals surface area (Å²) in [6.45, 7) is 4.11. The Kier molecular flexibility index (Phi) is 7.16. The number of fused-ring (bicyclic) bond motifs is 5. The highest BCUT2D eigenvalue weighted by atomic mass is 35.5. The van der Waals surface area contributed by atoms with Crippen molar-refractivity contribution in [2.75, 3.05) is 13.7 Å². The summed E-state index contributed by atoms with van der Waals surface area (Å²) in [6, 6.07) is 1.73. The van der Waals surface area contributed by atoms with Crippen molar-refractivity contribution in [2.24, 2.45) is 28.6 Å². The number of rotatable bonds is 5. The Labute approximate surface area is 244 Å². The van der Waals surface area contributed by atoms with Crippen LogP contribution in [0.4, 0.5) is 8.78 Å². The largest absolute Gasteiger partial charge is 0.493 e. The van der Waals surface area contributed by atoms with Crippen LogP contribution in [0.25, 0.3) is 0 Å². The van der Waals surface area contributed by atoms with Crippen molar-refractivity contribution >= 4 is 40.7 Å². The number of hydrogen-bond donors (Lipinski definition) is 1. The van der Waals surface area contributed by atoms with Crippen LogP contribution in [-0.4, -0.2) is 60.1 Å². The lowest BCUT2D eigenvalue weighted by Crippen LogP contribution is -2.71. The van der Waals surface area contributed by atoms with Gasteiger partial charge in [0.05, 0.1) is 13.2 Å². The van der Waals surface area contributed by atoms with Crippen molar-refractivity contribution in [3.63, 3.8) is 0 Å².